The van der Waals surface area contributed by atoms with E-state index in [1.807, 2.05) is 5.38 Å². The molecular formula is C13H20N2O3S. The first-order chi connectivity index (χ1) is 8.97. The van der Waals surface area contributed by atoms with Crippen LogP contribution < -0.4 is 5.32 Å². The number of carboxylic acids is 1. The molecule has 0 fully saturated rings. The molecule has 1 aromatic heterocycles. The van der Waals surface area contributed by atoms with Crippen molar-refractivity contribution >= 4 is 28.3 Å². The van der Waals surface area contributed by atoms with Gasteiger partial charge in [-0.25, -0.2) is 4.98 Å². The van der Waals surface area contributed by atoms with Crippen LogP contribution in [0.3, 0.4) is 0 Å². The summed E-state index contributed by atoms with van der Waals surface area (Å²) in [6.07, 6.45) is 2.71. The Kier molecular flexibility index (Phi) is 6.49. The summed E-state index contributed by atoms with van der Waals surface area (Å²) in [6.45, 7) is 4.16. The van der Waals surface area contributed by atoms with E-state index >= 15 is 0 Å². The fourth-order valence-corrected chi connectivity index (χ4v) is 2.26. The lowest BCUT2D eigenvalue weighted by Gasteiger charge is -2.03. The number of hydrogen-bond donors (Lipinski definition) is 2. The van der Waals surface area contributed by atoms with Gasteiger partial charge in [0.25, 0.3) is 0 Å². The molecule has 1 heterocycles. The van der Waals surface area contributed by atoms with Crippen LogP contribution in [0.25, 0.3) is 0 Å². The number of thiazole rings is 1. The summed E-state index contributed by atoms with van der Waals surface area (Å²) in [5.74, 6) is -0.300. The van der Waals surface area contributed by atoms with Crippen molar-refractivity contribution in [2.24, 2.45) is 5.92 Å². The fraction of sp³-hybridized carbons (Fsp3) is 0.615. The van der Waals surface area contributed by atoms with Crippen LogP contribution in [0.2, 0.25) is 0 Å². The fourth-order valence-electron chi connectivity index (χ4n) is 1.50. The smallest absolute Gasteiger partial charge is 0.303 e. The highest BCUT2D eigenvalue weighted by Gasteiger charge is 2.08. The van der Waals surface area contributed by atoms with Gasteiger partial charge in [0.2, 0.25) is 5.91 Å². The lowest BCUT2D eigenvalue weighted by Crippen LogP contribution is -2.12. The van der Waals surface area contributed by atoms with Crippen LogP contribution in [0.15, 0.2) is 5.38 Å². The molecule has 0 aliphatic heterocycles. The molecule has 0 aromatic carbocycles. The minimum atomic E-state index is -0.794. The van der Waals surface area contributed by atoms with Crippen LogP contribution in [-0.2, 0) is 16.0 Å². The molecule has 0 saturated carbocycles. The van der Waals surface area contributed by atoms with Gasteiger partial charge in [-0.15, -0.1) is 11.3 Å². The van der Waals surface area contributed by atoms with Crippen molar-refractivity contribution in [2.75, 3.05) is 5.32 Å². The second kappa shape index (κ2) is 7.89. The normalized spacial score (nSPS) is 10.7. The second-order valence-electron chi connectivity index (χ2n) is 4.87. The lowest BCUT2D eigenvalue weighted by atomic mass is 10.1. The molecular weight excluding hydrogens is 264 g/mol. The SMILES string of the molecule is CC(C)CCC(=O)Nc1nc(CCCC(=O)O)cs1. The number of anilines is 1. The van der Waals surface area contributed by atoms with E-state index in [1.54, 1.807) is 0 Å². The van der Waals surface area contributed by atoms with Gasteiger partial charge in [0.1, 0.15) is 0 Å². The third kappa shape index (κ3) is 6.91. The molecule has 1 aromatic rings. The maximum atomic E-state index is 11.6. The largest absolute Gasteiger partial charge is 0.481 e. The molecule has 106 valence electrons. The van der Waals surface area contributed by atoms with Crippen LogP contribution in [0.1, 0.15) is 45.2 Å². The first-order valence-corrected chi connectivity index (χ1v) is 7.31. The predicted octanol–water partition coefficient (Wildman–Crippen LogP) is 2.93. The summed E-state index contributed by atoms with van der Waals surface area (Å²) >= 11 is 1.38. The maximum absolute atomic E-state index is 11.6. The van der Waals surface area contributed by atoms with E-state index < -0.39 is 5.97 Å². The number of amides is 1. The van der Waals surface area contributed by atoms with Gasteiger partial charge in [0.15, 0.2) is 5.13 Å². The molecule has 1 amide bonds. The second-order valence-corrected chi connectivity index (χ2v) is 5.73. The number of carboxylic acid groups (broad SMARTS) is 1. The zero-order chi connectivity index (χ0) is 14.3. The molecule has 5 nitrogen and oxygen atoms in total. The Balaban J connectivity index is 2.33. The third-order valence-electron chi connectivity index (χ3n) is 2.57. The topological polar surface area (TPSA) is 79.3 Å². The number of rotatable bonds is 8. The van der Waals surface area contributed by atoms with Gasteiger partial charge in [-0.2, -0.15) is 0 Å². The molecule has 0 unspecified atom stereocenters. The number of nitrogens with one attached hydrogen (secondary N) is 1. The van der Waals surface area contributed by atoms with Crippen LogP contribution in [-0.4, -0.2) is 22.0 Å². The van der Waals surface area contributed by atoms with Gasteiger partial charge in [0, 0.05) is 18.2 Å². The quantitative estimate of drug-likeness (QED) is 0.769. The summed E-state index contributed by atoms with van der Waals surface area (Å²) in [7, 11) is 0. The Morgan fingerprint density at radius 1 is 1.42 bits per heavy atom. The average molecular weight is 284 g/mol. The van der Waals surface area contributed by atoms with Gasteiger partial charge in [0.05, 0.1) is 5.69 Å². The summed E-state index contributed by atoms with van der Waals surface area (Å²) in [5.41, 5.74) is 0.838. The van der Waals surface area contributed by atoms with E-state index in [9.17, 15) is 9.59 Å². The number of aliphatic carboxylic acids is 1. The van der Waals surface area contributed by atoms with E-state index in [1.165, 1.54) is 11.3 Å². The Morgan fingerprint density at radius 2 is 2.16 bits per heavy atom. The highest BCUT2D eigenvalue weighted by Crippen LogP contribution is 2.17. The standard InChI is InChI=1S/C13H20N2O3S/c1-9(2)6-7-11(16)15-13-14-10(8-19-13)4-3-5-12(17)18/h8-9H,3-7H2,1-2H3,(H,17,18)(H,14,15,16). The van der Waals surface area contributed by atoms with Gasteiger partial charge in [-0.05, 0) is 25.2 Å². The molecule has 1 rings (SSSR count). The lowest BCUT2D eigenvalue weighted by molar-refractivity contribution is -0.137. The Bertz CT molecular complexity index is 429. The monoisotopic (exact) mass is 284 g/mol. The van der Waals surface area contributed by atoms with Gasteiger partial charge in [-0.1, -0.05) is 13.8 Å². The van der Waals surface area contributed by atoms with Crippen LogP contribution in [0.4, 0.5) is 5.13 Å². The summed E-state index contributed by atoms with van der Waals surface area (Å²) < 4.78 is 0. The Morgan fingerprint density at radius 3 is 2.79 bits per heavy atom. The molecule has 2 N–H and O–H groups in total. The highest BCUT2D eigenvalue weighted by molar-refractivity contribution is 7.13. The molecule has 0 aliphatic carbocycles. The molecule has 0 bridgehead atoms. The molecule has 0 radical (unpaired) electrons. The Hall–Kier alpha value is -1.43. The van der Waals surface area contributed by atoms with E-state index in [0.29, 0.717) is 30.3 Å². The number of carbonyl (C=O) groups excluding carboxylic acids is 1. The maximum Gasteiger partial charge on any atom is 0.303 e. The first-order valence-electron chi connectivity index (χ1n) is 6.43. The van der Waals surface area contributed by atoms with E-state index in [0.717, 1.165) is 12.1 Å². The van der Waals surface area contributed by atoms with Crippen molar-refractivity contribution in [1.82, 2.24) is 4.98 Å². The number of aromatic nitrogens is 1. The van der Waals surface area contributed by atoms with E-state index in [4.69, 9.17) is 5.11 Å². The van der Waals surface area contributed by atoms with E-state index in [-0.39, 0.29) is 12.3 Å². The van der Waals surface area contributed by atoms with Crippen LogP contribution in [0, 0.1) is 5.92 Å². The molecule has 0 saturated heterocycles. The number of carbonyl (C=O) groups is 2. The van der Waals surface area contributed by atoms with Crippen molar-refractivity contribution in [3.63, 3.8) is 0 Å². The molecule has 0 atom stereocenters. The van der Waals surface area contributed by atoms with Crippen molar-refractivity contribution in [3.8, 4) is 0 Å². The van der Waals surface area contributed by atoms with Gasteiger partial charge >= 0.3 is 5.97 Å². The molecule has 0 aliphatic rings. The highest BCUT2D eigenvalue weighted by atomic mass is 32.1. The third-order valence-corrected chi connectivity index (χ3v) is 3.38. The molecule has 19 heavy (non-hydrogen) atoms. The van der Waals surface area contributed by atoms with E-state index in [2.05, 4.69) is 24.1 Å². The zero-order valence-electron chi connectivity index (χ0n) is 11.3. The minimum absolute atomic E-state index is 0.0138. The van der Waals surface area contributed by atoms with Crippen molar-refractivity contribution < 1.29 is 14.7 Å². The van der Waals surface area contributed by atoms with Crippen LogP contribution in [0.5, 0.6) is 0 Å². The molecule has 0 spiro atoms. The van der Waals surface area contributed by atoms with Crippen molar-refractivity contribution in [1.29, 1.82) is 0 Å². The minimum Gasteiger partial charge on any atom is -0.481 e. The predicted molar refractivity (Wildman–Crippen MR) is 75.4 cm³/mol. The number of aryl methyl sites for hydroxylation is 1. The van der Waals surface area contributed by atoms with Crippen molar-refractivity contribution in [3.05, 3.63) is 11.1 Å². The summed E-state index contributed by atoms with van der Waals surface area (Å²) in [4.78, 5) is 26.3. The zero-order valence-corrected chi connectivity index (χ0v) is 12.1. The van der Waals surface area contributed by atoms with Crippen molar-refractivity contribution in [2.45, 2.75) is 46.0 Å². The average Bonchev–Trinajstić information content (AvgIpc) is 2.73. The van der Waals surface area contributed by atoms with Gasteiger partial charge in [-0.3, -0.25) is 9.59 Å². The molecule has 6 heteroatoms. The summed E-state index contributed by atoms with van der Waals surface area (Å²) in [6, 6.07) is 0. The van der Waals surface area contributed by atoms with Gasteiger partial charge < -0.3 is 10.4 Å². The summed E-state index contributed by atoms with van der Waals surface area (Å²) in [5, 5.41) is 13.8. The Labute approximate surface area is 117 Å². The van der Waals surface area contributed by atoms with Crippen LogP contribution >= 0.6 is 11.3 Å². The first kappa shape index (κ1) is 15.6. The number of nitrogens with zero attached hydrogens (tertiary/aromatic N) is 1. The number of hydrogen-bond acceptors (Lipinski definition) is 4.